The van der Waals surface area contributed by atoms with E-state index >= 15 is 0 Å². The van der Waals surface area contributed by atoms with Crippen LogP contribution in [0.4, 0.5) is 0 Å². The molecule has 0 bridgehead atoms. The molecule has 0 N–H and O–H groups in total. The zero-order valence-electron chi connectivity index (χ0n) is 31.2. The Morgan fingerprint density at radius 1 is 0.345 bits per heavy atom. The SMILES string of the molecule is N#Cc1ccc(-c2ccc(-n3c4ccccc4c4ccccc43)c(-c3nc(-c4ccccc4)nc(-c4ccccc4)n3)c2)c(-n2c3ccccc3c3ccccc32)c1. The van der Waals surface area contributed by atoms with Gasteiger partial charge in [0.05, 0.1) is 45.1 Å². The fourth-order valence-corrected chi connectivity index (χ4v) is 8.40. The van der Waals surface area contributed by atoms with Gasteiger partial charge in [-0.15, -0.1) is 0 Å². The second kappa shape index (κ2) is 13.6. The maximum Gasteiger partial charge on any atom is 0.166 e. The molecule has 0 aliphatic carbocycles. The summed E-state index contributed by atoms with van der Waals surface area (Å²) in [4.78, 5) is 15.6. The van der Waals surface area contributed by atoms with Gasteiger partial charge in [-0.3, -0.25) is 0 Å². The lowest BCUT2D eigenvalue weighted by atomic mass is 9.97. The van der Waals surface area contributed by atoms with Crippen LogP contribution in [0.15, 0.2) is 194 Å². The number of aromatic nitrogens is 5. The third kappa shape index (κ3) is 5.37. The van der Waals surface area contributed by atoms with Gasteiger partial charge >= 0.3 is 0 Å². The molecule has 0 aliphatic heterocycles. The van der Waals surface area contributed by atoms with E-state index in [1.54, 1.807) is 0 Å². The fraction of sp³-hybridized carbons (Fsp3) is 0. The van der Waals surface area contributed by atoms with Crippen molar-refractivity contribution in [2.24, 2.45) is 0 Å². The van der Waals surface area contributed by atoms with Crippen molar-refractivity contribution in [3.63, 3.8) is 0 Å². The summed E-state index contributed by atoms with van der Waals surface area (Å²) < 4.78 is 4.61. The monoisotopic (exact) mass is 740 g/mol. The molecule has 0 saturated carbocycles. The van der Waals surface area contributed by atoms with Gasteiger partial charge in [0.1, 0.15) is 0 Å². The van der Waals surface area contributed by atoms with Gasteiger partial charge in [0.2, 0.25) is 0 Å². The molecule has 3 aromatic heterocycles. The van der Waals surface area contributed by atoms with Crippen molar-refractivity contribution >= 4 is 43.6 Å². The lowest BCUT2D eigenvalue weighted by Crippen LogP contribution is -2.04. The Bertz CT molecular complexity index is 3240. The minimum atomic E-state index is 0.554. The number of hydrogen-bond donors (Lipinski definition) is 0. The normalized spacial score (nSPS) is 11.4. The lowest BCUT2D eigenvalue weighted by Gasteiger charge is -2.18. The van der Waals surface area contributed by atoms with Crippen molar-refractivity contribution in [1.29, 1.82) is 5.26 Å². The van der Waals surface area contributed by atoms with Crippen LogP contribution in [0.5, 0.6) is 0 Å². The molecule has 0 aliphatic rings. The Labute approximate surface area is 334 Å². The average Bonchev–Trinajstić information content (AvgIpc) is 3.82. The molecule has 6 nitrogen and oxygen atoms in total. The molecule has 3 heterocycles. The molecule has 0 fully saturated rings. The number of hydrogen-bond acceptors (Lipinski definition) is 4. The molecule has 0 radical (unpaired) electrons. The van der Waals surface area contributed by atoms with Crippen molar-refractivity contribution in [3.05, 3.63) is 200 Å². The van der Waals surface area contributed by atoms with Crippen molar-refractivity contribution in [1.82, 2.24) is 24.1 Å². The van der Waals surface area contributed by atoms with Crippen LogP contribution in [-0.4, -0.2) is 24.1 Å². The topological polar surface area (TPSA) is 72.3 Å². The van der Waals surface area contributed by atoms with Crippen LogP contribution >= 0.6 is 0 Å². The summed E-state index contributed by atoms with van der Waals surface area (Å²) in [5, 5.41) is 14.9. The first-order valence-corrected chi connectivity index (χ1v) is 19.3. The molecule has 0 amide bonds. The maximum atomic E-state index is 10.2. The lowest BCUT2D eigenvalue weighted by molar-refractivity contribution is 1.06. The summed E-state index contributed by atoms with van der Waals surface area (Å²) in [7, 11) is 0. The first kappa shape index (κ1) is 33.2. The summed E-state index contributed by atoms with van der Waals surface area (Å²) in [5.74, 6) is 1.73. The highest BCUT2D eigenvalue weighted by Crippen LogP contribution is 2.41. The Kier molecular flexibility index (Phi) is 7.76. The van der Waals surface area contributed by atoms with Crippen LogP contribution in [0.3, 0.4) is 0 Å². The largest absolute Gasteiger partial charge is 0.309 e. The van der Waals surface area contributed by atoms with Crippen molar-refractivity contribution in [3.8, 4) is 62.7 Å². The molecule has 8 aromatic carbocycles. The van der Waals surface area contributed by atoms with E-state index in [1.807, 2.05) is 72.8 Å². The average molecular weight is 741 g/mol. The van der Waals surface area contributed by atoms with E-state index in [1.165, 1.54) is 10.8 Å². The van der Waals surface area contributed by atoms with Gasteiger partial charge in [0.25, 0.3) is 0 Å². The van der Waals surface area contributed by atoms with Gasteiger partial charge in [-0.1, -0.05) is 146 Å². The minimum Gasteiger partial charge on any atom is -0.309 e. The highest BCUT2D eigenvalue weighted by molar-refractivity contribution is 6.11. The Morgan fingerprint density at radius 3 is 1.26 bits per heavy atom. The van der Waals surface area contributed by atoms with Crippen molar-refractivity contribution in [2.45, 2.75) is 0 Å². The highest BCUT2D eigenvalue weighted by atomic mass is 15.1. The quantitative estimate of drug-likeness (QED) is 0.170. The van der Waals surface area contributed by atoms with Gasteiger partial charge in [-0.25, -0.2) is 15.0 Å². The molecule has 0 saturated heterocycles. The zero-order valence-corrected chi connectivity index (χ0v) is 31.2. The molecule has 58 heavy (non-hydrogen) atoms. The first-order chi connectivity index (χ1) is 28.7. The van der Waals surface area contributed by atoms with Crippen LogP contribution in [-0.2, 0) is 0 Å². The molecule has 0 spiro atoms. The number of fused-ring (bicyclic) bond motifs is 6. The van der Waals surface area contributed by atoms with E-state index in [-0.39, 0.29) is 0 Å². The van der Waals surface area contributed by atoms with E-state index in [0.29, 0.717) is 23.0 Å². The molecular formula is C52H32N6. The molecular weight excluding hydrogens is 709 g/mol. The maximum absolute atomic E-state index is 10.2. The zero-order chi connectivity index (χ0) is 38.6. The van der Waals surface area contributed by atoms with Gasteiger partial charge in [0, 0.05) is 43.8 Å². The van der Waals surface area contributed by atoms with Crippen LogP contribution in [0, 0.1) is 11.3 Å². The highest BCUT2D eigenvalue weighted by Gasteiger charge is 2.22. The molecule has 0 unspecified atom stereocenters. The number of benzene rings is 8. The standard InChI is InChI=1S/C52H32N6/c53-33-34-27-29-38(49(31-34)58-46-25-13-9-21-41(46)42-22-10-14-26-47(42)58)37-28-30-48(57-44-23-11-7-19-39(44)40-20-8-12-24-45(40)57)43(32-37)52-55-50(35-15-3-1-4-16-35)54-51(56-52)36-17-5-2-6-18-36/h1-32H. The third-order valence-electron chi connectivity index (χ3n) is 11.0. The van der Waals surface area contributed by atoms with E-state index < -0.39 is 0 Å². The van der Waals surface area contributed by atoms with Gasteiger partial charge in [0.15, 0.2) is 17.5 Å². The Balaban J connectivity index is 1.23. The molecule has 6 heteroatoms. The smallest absolute Gasteiger partial charge is 0.166 e. The Hall–Kier alpha value is -8.14. The summed E-state index contributed by atoms with van der Waals surface area (Å²) in [6, 6.07) is 69.1. The van der Waals surface area contributed by atoms with E-state index in [9.17, 15) is 5.26 Å². The summed E-state index contributed by atoms with van der Waals surface area (Å²) in [6.07, 6.45) is 0. The predicted molar refractivity (Wildman–Crippen MR) is 235 cm³/mol. The second-order valence-electron chi connectivity index (χ2n) is 14.4. The number of rotatable bonds is 6. The second-order valence-corrected chi connectivity index (χ2v) is 14.4. The molecule has 11 aromatic rings. The molecule has 270 valence electrons. The summed E-state index contributed by atoms with van der Waals surface area (Å²) in [6.45, 7) is 0. The fourth-order valence-electron chi connectivity index (χ4n) is 8.40. The van der Waals surface area contributed by atoms with E-state index in [0.717, 1.165) is 72.0 Å². The van der Waals surface area contributed by atoms with Gasteiger partial charge in [-0.2, -0.15) is 5.26 Å². The van der Waals surface area contributed by atoms with Crippen LogP contribution in [0.2, 0.25) is 0 Å². The molecule has 11 rings (SSSR count). The predicted octanol–water partition coefficient (Wildman–Crippen LogP) is 12.6. The van der Waals surface area contributed by atoms with Crippen LogP contribution in [0.1, 0.15) is 5.56 Å². The van der Waals surface area contributed by atoms with Gasteiger partial charge < -0.3 is 9.13 Å². The van der Waals surface area contributed by atoms with E-state index in [2.05, 4.69) is 137 Å². The summed E-state index contributed by atoms with van der Waals surface area (Å²) in [5.41, 5.74) is 11.3. The van der Waals surface area contributed by atoms with Gasteiger partial charge in [-0.05, 0) is 54.1 Å². The number of nitrogens with zero attached hydrogens (tertiary/aromatic N) is 6. The van der Waals surface area contributed by atoms with Crippen LogP contribution < -0.4 is 0 Å². The number of para-hydroxylation sites is 4. The summed E-state index contributed by atoms with van der Waals surface area (Å²) >= 11 is 0. The van der Waals surface area contributed by atoms with Crippen molar-refractivity contribution < 1.29 is 0 Å². The van der Waals surface area contributed by atoms with E-state index in [4.69, 9.17) is 15.0 Å². The third-order valence-corrected chi connectivity index (χ3v) is 11.0. The number of nitriles is 1. The van der Waals surface area contributed by atoms with Crippen molar-refractivity contribution in [2.75, 3.05) is 0 Å². The Morgan fingerprint density at radius 2 is 0.776 bits per heavy atom. The minimum absolute atomic E-state index is 0.554. The molecule has 0 atom stereocenters. The van der Waals surface area contributed by atoms with Crippen LogP contribution in [0.25, 0.3) is 100 Å². The first-order valence-electron chi connectivity index (χ1n) is 19.3.